The quantitative estimate of drug-likeness (QED) is 0.682. The molecular weight excluding hydrogens is 238 g/mol. The van der Waals surface area contributed by atoms with Crippen molar-refractivity contribution in [1.82, 2.24) is 15.1 Å². The van der Waals surface area contributed by atoms with Crippen molar-refractivity contribution in [3.8, 4) is 0 Å². The molecule has 1 aliphatic heterocycles. The monoisotopic (exact) mass is 253 g/mol. The molecule has 98 valence electrons. The lowest BCUT2D eigenvalue weighted by molar-refractivity contribution is 0.0549. The van der Waals surface area contributed by atoms with E-state index in [4.69, 9.17) is 5.11 Å². The van der Waals surface area contributed by atoms with E-state index in [1.54, 1.807) is 13.8 Å². The fourth-order valence-corrected chi connectivity index (χ4v) is 2.03. The molecule has 0 atom stereocenters. The second-order valence-corrected chi connectivity index (χ2v) is 4.96. The van der Waals surface area contributed by atoms with E-state index in [9.17, 15) is 14.7 Å². The van der Waals surface area contributed by atoms with Gasteiger partial charge in [0.15, 0.2) is 5.69 Å². The number of nitrogens with one attached hydrogen (secondary N) is 1. The van der Waals surface area contributed by atoms with E-state index in [0.717, 1.165) is 0 Å². The molecule has 0 aliphatic carbocycles. The van der Waals surface area contributed by atoms with Crippen molar-refractivity contribution in [2.45, 2.75) is 32.4 Å². The van der Waals surface area contributed by atoms with Gasteiger partial charge in [-0.05, 0) is 20.3 Å². The Kier molecular flexibility index (Phi) is 2.86. The topological polar surface area (TPSA) is 104 Å². The molecule has 1 aliphatic rings. The van der Waals surface area contributed by atoms with Crippen molar-refractivity contribution < 1.29 is 19.8 Å². The molecule has 0 fully saturated rings. The minimum Gasteiger partial charge on any atom is -0.476 e. The zero-order valence-electron chi connectivity index (χ0n) is 10.2. The number of carbonyl (C=O) groups is 2. The largest absolute Gasteiger partial charge is 0.476 e. The molecule has 0 radical (unpaired) electrons. The number of hydrogen-bond donors (Lipinski definition) is 3. The van der Waals surface area contributed by atoms with Gasteiger partial charge in [0.05, 0.1) is 12.1 Å². The summed E-state index contributed by atoms with van der Waals surface area (Å²) in [5, 5.41) is 25.4. The highest BCUT2D eigenvalue weighted by Gasteiger charge is 2.31. The number of aliphatic hydroxyl groups is 1. The normalized spacial score (nSPS) is 15.2. The van der Waals surface area contributed by atoms with Crippen LogP contribution in [0.2, 0.25) is 0 Å². The molecule has 2 heterocycles. The highest BCUT2D eigenvalue weighted by atomic mass is 16.4. The standard InChI is InChI=1S/C11H15N3O4/c1-11(2,18)5-14-8-6(3-4-12-9(8)15)7(13-14)10(16)17/h18H,3-5H2,1-2H3,(H,12,15)(H,16,17). The molecule has 0 aromatic carbocycles. The van der Waals surface area contributed by atoms with Gasteiger partial charge < -0.3 is 15.5 Å². The summed E-state index contributed by atoms with van der Waals surface area (Å²) in [5.41, 5.74) is -0.506. The van der Waals surface area contributed by atoms with Gasteiger partial charge in [0.1, 0.15) is 5.69 Å². The summed E-state index contributed by atoms with van der Waals surface area (Å²) in [6.07, 6.45) is 0.439. The fraction of sp³-hybridized carbons (Fsp3) is 0.545. The maximum atomic E-state index is 11.8. The third-order valence-corrected chi connectivity index (χ3v) is 2.67. The molecule has 0 spiro atoms. The van der Waals surface area contributed by atoms with Gasteiger partial charge >= 0.3 is 5.97 Å². The molecule has 0 unspecified atom stereocenters. The predicted molar refractivity (Wildman–Crippen MR) is 61.5 cm³/mol. The second kappa shape index (κ2) is 4.09. The third-order valence-electron chi connectivity index (χ3n) is 2.67. The van der Waals surface area contributed by atoms with Crippen LogP contribution in [0.1, 0.15) is 40.4 Å². The van der Waals surface area contributed by atoms with Gasteiger partial charge in [-0.2, -0.15) is 5.10 Å². The van der Waals surface area contributed by atoms with Crippen LogP contribution in [0.4, 0.5) is 0 Å². The summed E-state index contributed by atoms with van der Waals surface area (Å²) in [7, 11) is 0. The summed E-state index contributed by atoms with van der Waals surface area (Å²) < 4.78 is 1.27. The zero-order valence-corrected chi connectivity index (χ0v) is 10.2. The first-order valence-corrected chi connectivity index (χ1v) is 5.63. The lowest BCUT2D eigenvalue weighted by atomic mass is 10.0. The highest BCUT2D eigenvalue weighted by molar-refractivity contribution is 5.99. The van der Waals surface area contributed by atoms with Gasteiger partial charge in [0, 0.05) is 12.1 Å². The summed E-state index contributed by atoms with van der Waals surface area (Å²) in [6, 6.07) is 0. The molecule has 1 aromatic heterocycles. The molecular formula is C11H15N3O4. The number of rotatable bonds is 3. The van der Waals surface area contributed by atoms with Crippen LogP contribution in [0, 0.1) is 0 Å². The number of nitrogens with zero attached hydrogens (tertiary/aromatic N) is 2. The molecule has 3 N–H and O–H groups in total. The van der Waals surface area contributed by atoms with Crippen LogP contribution in [-0.4, -0.2) is 44.0 Å². The van der Waals surface area contributed by atoms with E-state index < -0.39 is 11.6 Å². The number of hydrogen-bond acceptors (Lipinski definition) is 4. The van der Waals surface area contributed by atoms with E-state index in [1.165, 1.54) is 4.68 Å². The van der Waals surface area contributed by atoms with Gasteiger partial charge in [-0.25, -0.2) is 4.79 Å². The third kappa shape index (κ3) is 2.21. The number of carboxylic acids is 1. The maximum absolute atomic E-state index is 11.8. The number of fused-ring (bicyclic) bond motifs is 1. The van der Waals surface area contributed by atoms with Gasteiger partial charge in [-0.15, -0.1) is 0 Å². The average Bonchev–Trinajstić information content (AvgIpc) is 2.56. The van der Waals surface area contributed by atoms with Crippen LogP contribution in [-0.2, 0) is 13.0 Å². The average molecular weight is 253 g/mol. The Morgan fingerprint density at radius 3 is 2.78 bits per heavy atom. The molecule has 0 bridgehead atoms. The Balaban J connectivity index is 2.53. The zero-order chi connectivity index (χ0) is 13.5. The van der Waals surface area contributed by atoms with Crippen LogP contribution in [0.25, 0.3) is 0 Å². The van der Waals surface area contributed by atoms with Crippen molar-refractivity contribution in [3.05, 3.63) is 17.0 Å². The summed E-state index contributed by atoms with van der Waals surface area (Å²) in [6.45, 7) is 3.61. The van der Waals surface area contributed by atoms with Crippen LogP contribution in [0.5, 0.6) is 0 Å². The molecule has 0 saturated heterocycles. The molecule has 7 heteroatoms. The van der Waals surface area contributed by atoms with Gasteiger partial charge in [-0.3, -0.25) is 9.48 Å². The van der Waals surface area contributed by atoms with Crippen molar-refractivity contribution in [1.29, 1.82) is 0 Å². The first kappa shape index (κ1) is 12.6. The van der Waals surface area contributed by atoms with E-state index in [2.05, 4.69) is 10.4 Å². The number of aromatic carboxylic acids is 1. The Hall–Kier alpha value is -1.89. The molecule has 1 amide bonds. The minimum absolute atomic E-state index is 0.0655. The van der Waals surface area contributed by atoms with Crippen LogP contribution < -0.4 is 5.32 Å². The van der Waals surface area contributed by atoms with Gasteiger partial charge in [-0.1, -0.05) is 0 Å². The van der Waals surface area contributed by atoms with Crippen molar-refractivity contribution in [2.24, 2.45) is 0 Å². The van der Waals surface area contributed by atoms with Crippen molar-refractivity contribution >= 4 is 11.9 Å². The van der Waals surface area contributed by atoms with Gasteiger partial charge in [0.25, 0.3) is 5.91 Å². The smallest absolute Gasteiger partial charge is 0.356 e. The van der Waals surface area contributed by atoms with Crippen molar-refractivity contribution in [3.63, 3.8) is 0 Å². The molecule has 18 heavy (non-hydrogen) atoms. The maximum Gasteiger partial charge on any atom is 0.356 e. The molecule has 1 aromatic rings. The summed E-state index contributed by atoms with van der Waals surface area (Å²) >= 11 is 0. The number of aromatic nitrogens is 2. The molecule has 7 nitrogen and oxygen atoms in total. The number of amides is 1. The SMILES string of the molecule is CC(C)(O)Cn1nc(C(=O)O)c2c1C(=O)NCC2. The van der Waals surface area contributed by atoms with E-state index >= 15 is 0 Å². The van der Waals surface area contributed by atoms with Gasteiger partial charge in [0.2, 0.25) is 0 Å². The lowest BCUT2D eigenvalue weighted by Gasteiger charge is -2.20. The molecule has 2 rings (SSSR count). The number of carboxylic acid groups (broad SMARTS) is 1. The van der Waals surface area contributed by atoms with E-state index in [0.29, 0.717) is 18.5 Å². The number of carbonyl (C=O) groups excluding carboxylic acids is 1. The summed E-state index contributed by atoms with van der Waals surface area (Å²) in [4.78, 5) is 22.9. The Morgan fingerprint density at radius 2 is 2.22 bits per heavy atom. The second-order valence-electron chi connectivity index (χ2n) is 4.96. The van der Waals surface area contributed by atoms with Crippen LogP contribution in [0.3, 0.4) is 0 Å². The highest BCUT2D eigenvalue weighted by Crippen LogP contribution is 2.20. The predicted octanol–water partition coefficient (Wildman–Crippen LogP) is -0.362. The van der Waals surface area contributed by atoms with Crippen LogP contribution >= 0.6 is 0 Å². The van der Waals surface area contributed by atoms with E-state index in [1.807, 2.05) is 0 Å². The van der Waals surface area contributed by atoms with Crippen molar-refractivity contribution in [2.75, 3.05) is 6.54 Å². The van der Waals surface area contributed by atoms with Crippen LogP contribution in [0.15, 0.2) is 0 Å². The minimum atomic E-state index is -1.16. The van der Waals surface area contributed by atoms with E-state index in [-0.39, 0.29) is 23.8 Å². The molecule has 0 saturated carbocycles. The first-order chi connectivity index (χ1) is 8.29. The lowest BCUT2D eigenvalue weighted by Crippen LogP contribution is -2.36. The Morgan fingerprint density at radius 1 is 1.56 bits per heavy atom. The first-order valence-electron chi connectivity index (χ1n) is 5.63. The summed E-state index contributed by atoms with van der Waals surface area (Å²) in [5.74, 6) is -1.50. The fourth-order valence-electron chi connectivity index (χ4n) is 2.03. The Labute approximate surface area is 103 Å². The Bertz CT molecular complexity index is 513.